The van der Waals surface area contributed by atoms with Gasteiger partial charge in [-0.3, -0.25) is 0 Å². The maximum Gasteiger partial charge on any atom is 0.0568 e. The second-order valence-electron chi connectivity index (χ2n) is 11.2. The monoisotopic (exact) mass is 471 g/mol. The fraction of sp³-hybridized carbons (Fsp3) is 1.00. The highest BCUT2D eigenvalue weighted by molar-refractivity contribution is 14.1. The number of nitrogens with two attached hydrogens (primary N) is 1. The third-order valence-electron chi connectivity index (χ3n) is 10.2. The molecular formula is C24H42IN. The van der Waals surface area contributed by atoms with Crippen LogP contribution < -0.4 is 5.73 Å². The molecule has 4 fully saturated rings. The van der Waals surface area contributed by atoms with Gasteiger partial charge in [-0.2, -0.15) is 0 Å². The van der Waals surface area contributed by atoms with Crippen LogP contribution in [0.5, 0.6) is 0 Å². The Hall–Kier alpha value is 0.690. The van der Waals surface area contributed by atoms with E-state index < -0.39 is 0 Å². The van der Waals surface area contributed by atoms with E-state index in [-0.39, 0.29) is 0 Å². The van der Waals surface area contributed by atoms with Crippen LogP contribution in [-0.2, 0) is 0 Å². The van der Waals surface area contributed by atoms with Crippen LogP contribution in [0.2, 0.25) is 0 Å². The molecule has 0 aromatic rings. The maximum atomic E-state index is 6.06. The predicted octanol–water partition coefficient (Wildman–Crippen LogP) is 7.17. The van der Waals surface area contributed by atoms with E-state index in [1.165, 1.54) is 57.8 Å². The normalized spacial score (nSPS) is 50.4. The van der Waals surface area contributed by atoms with Gasteiger partial charge in [-0.1, -0.05) is 56.2 Å². The van der Waals surface area contributed by atoms with Gasteiger partial charge in [0, 0.05) is 0 Å². The molecular weight excluding hydrogens is 429 g/mol. The standard InChI is InChI=1S/C24H42IN/c1-16(7-12-22(25)26)19-10-11-20-18-9-8-17-6-4-5-14-23(17,2)21(18)13-15-24(19,20)3/h16-22H,4-15,26H2,1-3H3/t16-,17?,18+,19-,20+,21+,22?,23+,24-/m1/s1. The average Bonchev–Trinajstić information content (AvgIpc) is 2.96. The van der Waals surface area contributed by atoms with Crippen molar-refractivity contribution in [3.05, 3.63) is 0 Å². The number of rotatable bonds is 4. The van der Waals surface area contributed by atoms with E-state index in [2.05, 4.69) is 43.4 Å². The third-order valence-corrected chi connectivity index (χ3v) is 10.9. The van der Waals surface area contributed by atoms with Crippen LogP contribution in [0.15, 0.2) is 0 Å². The molecule has 2 heteroatoms. The summed E-state index contributed by atoms with van der Waals surface area (Å²) in [4.78, 5) is 0. The predicted molar refractivity (Wildman–Crippen MR) is 120 cm³/mol. The topological polar surface area (TPSA) is 26.0 Å². The number of hydrogen-bond donors (Lipinski definition) is 1. The SMILES string of the molecule is C[C@H](CCC(N)I)[C@H]1CC[C@H]2[C@@H]3CCC4CCCC[C@]4(C)[C@H]3CC[C@]12C. The molecule has 0 aromatic carbocycles. The molecule has 4 saturated carbocycles. The van der Waals surface area contributed by atoms with E-state index in [9.17, 15) is 0 Å². The molecule has 150 valence electrons. The first-order valence-corrected chi connectivity index (χ1v) is 13.0. The van der Waals surface area contributed by atoms with E-state index in [4.69, 9.17) is 5.73 Å². The van der Waals surface area contributed by atoms with Crippen LogP contribution in [-0.4, -0.2) is 4.05 Å². The second kappa shape index (κ2) is 7.50. The quantitative estimate of drug-likeness (QED) is 0.263. The van der Waals surface area contributed by atoms with E-state index in [0.29, 0.717) is 14.9 Å². The van der Waals surface area contributed by atoms with Gasteiger partial charge in [0.1, 0.15) is 0 Å². The zero-order chi connectivity index (χ0) is 18.5. The highest BCUT2D eigenvalue weighted by atomic mass is 127. The Labute approximate surface area is 176 Å². The molecule has 0 spiro atoms. The molecule has 9 atom stereocenters. The third kappa shape index (κ3) is 3.21. The first-order chi connectivity index (χ1) is 12.4. The molecule has 1 nitrogen and oxygen atoms in total. The minimum Gasteiger partial charge on any atom is -0.320 e. The molecule has 2 N–H and O–H groups in total. The maximum absolute atomic E-state index is 6.06. The van der Waals surface area contributed by atoms with Gasteiger partial charge >= 0.3 is 0 Å². The average molecular weight is 472 g/mol. The summed E-state index contributed by atoms with van der Waals surface area (Å²) in [5.41, 5.74) is 7.38. The zero-order valence-corrected chi connectivity index (χ0v) is 19.6. The van der Waals surface area contributed by atoms with Gasteiger partial charge < -0.3 is 5.73 Å². The van der Waals surface area contributed by atoms with Crippen molar-refractivity contribution in [2.24, 2.45) is 52.1 Å². The minimum absolute atomic E-state index is 0.345. The summed E-state index contributed by atoms with van der Waals surface area (Å²) in [6.07, 6.45) is 17.8. The van der Waals surface area contributed by atoms with Crippen molar-refractivity contribution in [2.75, 3.05) is 0 Å². The number of hydrogen-bond acceptors (Lipinski definition) is 1. The Morgan fingerprint density at radius 1 is 0.885 bits per heavy atom. The van der Waals surface area contributed by atoms with Crippen molar-refractivity contribution >= 4 is 22.6 Å². The van der Waals surface area contributed by atoms with E-state index in [1.807, 2.05) is 0 Å². The summed E-state index contributed by atoms with van der Waals surface area (Å²) >= 11 is 2.40. The summed E-state index contributed by atoms with van der Waals surface area (Å²) in [5.74, 6) is 6.02. The summed E-state index contributed by atoms with van der Waals surface area (Å²) in [5, 5.41) is 0. The van der Waals surface area contributed by atoms with Crippen molar-refractivity contribution in [1.29, 1.82) is 0 Å². The fourth-order valence-corrected chi connectivity index (χ4v) is 9.25. The lowest BCUT2D eigenvalue weighted by Crippen LogP contribution is -2.53. The smallest absolute Gasteiger partial charge is 0.0568 e. The number of fused-ring (bicyclic) bond motifs is 5. The Balaban J connectivity index is 1.51. The largest absolute Gasteiger partial charge is 0.320 e. The lowest BCUT2D eigenvalue weighted by Gasteiger charge is -2.61. The summed E-state index contributed by atoms with van der Waals surface area (Å²) in [7, 11) is 0. The summed E-state index contributed by atoms with van der Waals surface area (Å²) in [6, 6.07) is 0. The summed E-state index contributed by atoms with van der Waals surface area (Å²) < 4.78 is 0.345. The lowest BCUT2D eigenvalue weighted by atomic mass is 9.44. The second-order valence-corrected chi connectivity index (χ2v) is 12.8. The van der Waals surface area contributed by atoms with Crippen molar-refractivity contribution in [3.8, 4) is 0 Å². The number of alkyl halides is 1. The van der Waals surface area contributed by atoms with Gasteiger partial charge in [-0.15, -0.1) is 0 Å². The summed E-state index contributed by atoms with van der Waals surface area (Å²) in [6.45, 7) is 7.97. The molecule has 4 aliphatic rings. The molecule has 4 aliphatic carbocycles. The van der Waals surface area contributed by atoms with Gasteiger partial charge in [-0.25, -0.2) is 0 Å². The van der Waals surface area contributed by atoms with Crippen LogP contribution >= 0.6 is 22.6 Å². The van der Waals surface area contributed by atoms with E-state index >= 15 is 0 Å². The molecule has 0 heterocycles. The van der Waals surface area contributed by atoms with Crippen LogP contribution in [0.4, 0.5) is 0 Å². The Kier molecular flexibility index (Phi) is 5.77. The highest BCUT2D eigenvalue weighted by Crippen LogP contribution is 2.68. The van der Waals surface area contributed by atoms with Crippen LogP contribution in [0.25, 0.3) is 0 Å². The van der Waals surface area contributed by atoms with Gasteiger partial charge in [0.2, 0.25) is 0 Å². The molecule has 2 unspecified atom stereocenters. The first-order valence-electron chi connectivity index (χ1n) is 11.8. The van der Waals surface area contributed by atoms with Crippen molar-refractivity contribution in [2.45, 2.75) is 102 Å². The Bertz CT molecular complexity index is 504. The molecule has 0 radical (unpaired) electrons. The minimum atomic E-state index is 0.345. The van der Waals surface area contributed by atoms with Crippen LogP contribution in [0.3, 0.4) is 0 Å². The Morgan fingerprint density at radius 3 is 2.42 bits per heavy atom. The Morgan fingerprint density at radius 2 is 1.65 bits per heavy atom. The molecule has 0 amide bonds. The molecule has 0 saturated heterocycles. The molecule has 0 aromatic heterocycles. The van der Waals surface area contributed by atoms with E-state index in [0.717, 1.165) is 35.5 Å². The first kappa shape index (κ1) is 20.0. The van der Waals surface area contributed by atoms with Gasteiger partial charge in [0.15, 0.2) is 0 Å². The molecule has 26 heavy (non-hydrogen) atoms. The van der Waals surface area contributed by atoms with E-state index in [1.54, 1.807) is 19.3 Å². The molecule has 0 aliphatic heterocycles. The molecule has 4 rings (SSSR count). The lowest BCUT2D eigenvalue weighted by molar-refractivity contribution is -0.114. The van der Waals surface area contributed by atoms with Crippen molar-refractivity contribution in [3.63, 3.8) is 0 Å². The van der Waals surface area contributed by atoms with Crippen molar-refractivity contribution < 1.29 is 0 Å². The number of halogens is 1. The molecule has 0 bridgehead atoms. The van der Waals surface area contributed by atoms with Crippen LogP contribution in [0, 0.1) is 46.3 Å². The van der Waals surface area contributed by atoms with Gasteiger partial charge in [-0.05, 0) is 111 Å². The van der Waals surface area contributed by atoms with Gasteiger partial charge in [0.05, 0.1) is 4.05 Å². The van der Waals surface area contributed by atoms with Crippen LogP contribution in [0.1, 0.15) is 97.8 Å². The fourth-order valence-electron chi connectivity index (χ4n) is 8.89. The highest BCUT2D eigenvalue weighted by Gasteiger charge is 2.59. The zero-order valence-electron chi connectivity index (χ0n) is 17.5. The van der Waals surface area contributed by atoms with Gasteiger partial charge in [0.25, 0.3) is 0 Å². The van der Waals surface area contributed by atoms with Crippen molar-refractivity contribution in [1.82, 2.24) is 0 Å².